The van der Waals surface area contributed by atoms with Gasteiger partial charge in [0.2, 0.25) is 5.91 Å². The molecule has 1 aliphatic carbocycles. The Bertz CT molecular complexity index is 1050. The molecule has 0 radical (unpaired) electrons. The van der Waals surface area contributed by atoms with Crippen molar-refractivity contribution in [3.8, 4) is 5.75 Å². The number of phenols is 1. The third-order valence-corrected chi connectivity index (χ3v) is 5.50. The normalized spacial score (nSPS) is 15.9. The number of phenolic OH excluding ortho intramolecular Hbond substituents is 1. The fourth-order valence-corrected chi connectivity index (χ4v) is 3.89. The van der Waals surface area contributed by atoms with E-state index in [4.69, 9.17) is 10.5 Å². The van der Waals surface area contributed by atoms with Crippen LogP contribution in [0.25, 0.3) is 0 Å². The molecule has 1 aliphatic heterocycles. The SMILES string of the molecule is Nc1cccc2c1C(=O)c1c(O)ccc(NCC(=O)NCCN3CCOCC3)c1C2=O. The van der Waals surface area contributed by atoms with Gasteiger partial charge >= 0.3 is 0 Å². The number of anilines is 2. The molecule has 31 heavy (non-hydrogen) atoms. The number of aromatic hydroxyl groups is 1. The molecule has 5 N–H and O–H groups in total. The van der Waals surface area contributed by atoms with E-state index in [2.05, 4.69) is 15.5 Å². The second-order valence-corrected chi connectivity index (χ2v) is 7.47. The lowest BCUT2D eigenvalue weighted by molar-refractivity contribution is -0.119. The highest BCUT2D eigenvalue weighted by Gasteiger charge is 2.35. The van der Waals surface area contributed by atoms with Crippen LogP contribution in [0.5, 0.6) is 5.75 Å². The minimum absolute atomic E-state index is 0.0456. The molecular weight excluding hydrogens is 400 g/mol. The molecular formula is C22H24N4O5. The standard InChI is InChI=1S/C22H24N4O5/c23-14-3-1-2-13-18(14)22(30)20-16(27)5-4-15(19(20)21(13)29)25-12-17(28)24-6-7-26-8-10-31-11-9-26/h1-5,25,27H,6-12,23H2,(H,24,28). The van der Waals surface area contributed by atoms with Gasteiger partial charge in [-0.1, -0.05) is 12.1 Å². The highest BCUT2D eigenvalue weighted by molar-refractivity contribution is 6.32. The molecule has 1 fully saturated rings. The van der Waals surface area contributed by atoms with Crippen molar-refractivity contribution in [3.05, 3.63) is 52.6 Å². The molecule has 0 unspecified atom stereocenters. The van der Waals surface area contributed by atoms with Crippen molar-refractivity contribution in [3.63, 3.8) is 0 Å². The number of hydrogen-bond acceptors (Lipinski definition) is 8. The van der Waals surface area contributed by atoms with Crippen LogP contribution >= 0.6 is 0 Å². The largest absolute Gasteiger partial charge is 0.507 e. The van der Waals surface area contributed by atoms with Gasteiger partial charge in [-0.2, -0.15) is 0 Å². The lowest BCUT2D eigenvalue weighted by Gasteiger charge is -2.26. The van der Waals surface area contributed by atoms with Gasteiger partial charge in [-0.25, -0.2) is 0 Å². The Morgan fingerprint density at radius 2 is 1.84 bits per heavy atom. The minimum Gasteiger partial charge on any atom is -0.507 e. The Labute approximate surface area is 179 Å². The first-order chi connectivity index (χ1) is 15.0. The van der Waals surface area contributed by atoms with Gasteiger partial charge in [0.1, 0.15) is 5.75 Å². The number of benzene rings is 2. The Kier molecular flexibility index (Phi) is 5.88. The third-order valence-electron chi connectivity index (χ3n) is 5.50. The van der Waals surface area contributed by atoms with Crippen LogP contribution in [-0.4, -0.2) is 73.4 Å². The van der Waals surface area contributed by atoms with Crippen molar-refractivity contribution >= 4 is 28.8 Å². The van der Waals surface area contributed by atoms with Gasteiger partial charge in [0.25, 0.3) is 0 Å². The second-order valence-electron chi connectivity index (χ2n) is 7.47. The number of amides is 1. The van der Waals surface area contributed by atoms with Gasteiger partial charge < -0.3 is 26.2 Å². The van der Waals surface area contributed by atoms with E-state index in [1.165, 1.54) is 24.3 Å². The van der Waals surface area contributed by atoms with Crippen molar-refractivity contribution in [2.45, 2.75) is 0 Å². The van der Waals surface area contributed by atoms with E-state index < -0.39 is 11.6 Å². The van der Waals surface area contributed by atoms with Gasteiger partial charge in [-0.15, -0.1) is 0 Å². The number of morpholine rings is 1. The maximum Gasteiger partial charge on any atom is 0.239 e. The van der Waals surface area contributed by atoms with E-state index >= 15 is 0 Å². The van der Waals surface area contributed by atoms with Gasteiger partial charge in [-0.3, -0.25) is 19.3 Å². The first-order valence-corrected chi connectivity index (χ1v) is 10.1. The van der Waals surface area contributed by atoms with Gasteiger partial charge in [-0.05, 0) is 18.2 Å². The fourth-order valence-electron chi connectivity index (χ4n) is 3.89. The van der Waals surface area contributed by atoms with Crippen LogP contribution in [0.2, 0.25) is 0 Å². The number of fused-ring (bicyclic) bond motifs is 2. The first-order valence-electron chi connectivity index (χ1n) is 10.1. The summed E-state index contributed by atoms with van der Waals surface area (Å²) in [6.07, 6.45) is 0. The number of nitrogens with two attached hydrogens (primary N) is 1. The lowest BCUT2D eigenvalue weighted by Crippen LogP contribution is -2.42. The summed E-state index contributed by atoms with van der Waals surface area (Å²) in [6.45, 7) is 4.23. The van der Waals surface area contributed by atoms with Crippen molar-refractivity contribution in [2.24, 2.45) is 0 Å². The zero-order valence-electron chi connectivity index (χ0n) is 16.9. The number of hydrogen-bond donors (Lipinski definition) is 4. The lowest BCUT2D eigenvalue weighted by atomic mass is 9.82. The molecule has 0 saturated carbocycles. The van der Waals surface area contributed by atoms with Gasteiger partial charge in [0, 0.05) is 43.1 Å². The van der Waals surface area contributed by atoms with Crippen LogP contribution in [0.4, 0.5) is 11.4 Å². The average Bonchev–Trinajstić information content (AvgIpc) is 2.77. The smallest absolute Gasteiger partial charge is 0.239 e. The summed E-state index contributed by atoms with van der Waals surface area (Å²) in [5, 5.41) is 16.0. The molecule has 0 bridgehead atoms. The zero-order valence-corrected chi connectivity index (χ0v) is 16.9. The number of ether oxygens (including phenoxy) is 1. The molecule has 2 aromatic rings. The summed E-state index contributed by atoms with van der Waals surface area (Å²) in [6, 6.07) is 7.48. The molecule has 4 rings (SSSR count). The summed E-state index contributed by atoms with van der Waals surface area (Å²) in [7, 11) is 0. The van der Waals surface area contributed by atoms with Crippen LogP contribution < -0.4 is 16.4 Å². The highest BCUT2D eigenvalue weighted by Crippen LogP contribution is 2.38. The van der Waals surface area contributed by atoms with Crippen molar-refractivity contribution in [1.29, 1.82) is 0 Å². The number of ketones is 2. The van der Waals surface area contributed by atoms with Gasteiger partial charge in [0.05, 0.1) is 36.4 Å². The zero-order chi connectivity index (χ0) is 22.0. The number of nitrogen functional groups attached to an aromatic ring is 1. The van der Waals surface area contributed by atoms with Crippen LogP contribution in [0.3, 0.4) is 0 Å². The van der Waals surface area contributed by atoms with Crippen LogP contribution in [-0.2, 0) is 9.53 Å². The molecule has 9 nitrogen and oxygen atoms in total. The Balaban J connectivity index is 1.46. The maximum atomic E-state index is 13.1. The van der Waals surface area contributed by atoms with Crippen LogP contribution in [0.15, 0.2) is 30.3 Å². The predicted molar refractivity (Wildman–Crippen MR) is 115 cm³/mol. The molecule has 1 saturated heterocycles. The monoisotopic (exact) mass is 424 g/mol. The Hall–Kier alpha value is -3.43. The second kappa shape index (κ2) is 8.75. The number of nitrogens with one attached hydrogen (secondary N) is 2. The van der Waals surface area contributed by atoms with Crippen molar-refractivity contribution in [2.75, 3.05) is 57.0 Å². The molecule has 2 aromatic carbocycles. The molecule has 162 valence electrons. The molecule has 0 spiro atoms. The van der Waals surface area contributed by atoms with Crippen molar-refractivity contribution < 1.29 is 24.2 Å². The summed E-state index contributed by atoms with van der Waals surface area (Å²) in [4.78, 5) is 40.5. The van der Waals surface area contributed by atoms with E-state index in [0.29, 0.717) is 25.4 Å². The third kappa shape index (κ3) is 4.10. The summed E-state index contributed by atoms with van der Waals surface area (Å²) >= 11 is 0. The summed E-state index contributed by atoms with van der Waals surface area (Å²) < 4.78 is 5.30. The van der Waals surface area contributed by atoms with E-state index in [1.54, 1.807) is 6.07 Å². The van der Waals surface area contributed by atoms with Crippen LogP contribution in [0, 0.1) is 0 Å². The summed E-state index contributed by atoms with van der Waals surface area (Å²) in [5.74, 6) is -1.49. The van der Waals surface area contributed by atoms with E-state index in [-0.39, 0.29) is 46.1 Å². The number of carbonyl (C=O) groups is 3. The Morgan fingerprint density at radius 1 is 1.06 bits per heavy atom. The fraction of sp³-hybridized carbons (Fsp3) is 0.318. The molecule has 2 aliphatic rings. The van der Waals surface area contributed by atoms with E-state index in [9.17, 15) is 19.5 Å². The molecule has 1 heterocycles. The molecule has 0 aromatic heterocycles. The van der Waals surface area contributed by atoms with E-state index in [1.807, 2.05) is 0 Å². The predicted octanol–water partition coefficient (Wildman–Crippen LogP) is 0.610. The maximum absolute atomic E-state index is 13.1. The first kappa shape index (κ1) is 20.8. The minimum atomic E-state index is -0.515. The molecule has 9 heteroatoms. The van der Waals surface area contributed by atoms with Crippen molar-refractivity contribution in [1.82, 2.24) is 10.2 Å². The van der Waals surface area contributed by atoms with E-state index in [0.717, 1.165) is 19.6 Å². The highest BCUT2D eigenvalue weighted by atomic mass is 16.5. The topological polar surface area (TPSA) is 134 Å². The van der Waals surface area contributed by atoms with Crippen LogP contribution in [0.1, 0.15) is 31.8 Å². The van der Waals surface area contributed by atoms with Gasteiger partial charge in [0.15, 0.2) is 11.6 Å². The quantitative estimate of drug-likeness (QED) is 0.334. The average molecular weight is 424 g/mol. The number of nitrogens with zero attached hydrogens (tertiary/aromatic N) is 1. The number of rotatable bonds is 6. The Morgan fingerprint density at radius 3 is 2.61 bits per heavy atom. The number of carbonyl (C=O) groups excluding carboxylic acids is 3. The summed E-state index contributed by atoms with van der Waals surface area (Å²) in [5.41, 5.74) is 6.61. The molecule has 1 amide bonds. The molecule has 0 atom stereocenters.